The normalized spacial score (nSPS) is 21.3. The number of hydrogen-bond donors (Lipinski definition) is 0. The third-order valence-corrected chi connectivity index (χ3v) is 7.16. The zero-order chi connectivity index (χ0) is 20.8. The molecule has 2 aliphatic heterocycles. The van der Waals surface area contributed by atoms with E-state index in [0.717, 1.165) is 13.1 Å². The van der Waals surface area contributed by atoms with Gasteiger partial charge in [-0.3, -0.25) is 9.80 Å². The summed E-state index contributed by atoms with van der Waals surface area (Å²) in [6.45, 7) is 4.75. The van der Waals surface area contributed by atoms with E-state index in [2.05, 4.69) is 82.1 Å². The van der Waals surface area contributed by atoms with Crippen LogP contribution in [0.5, 0.6) is 0 Å². The third kappa shape index (κ3) is 7.60. The molecule has 0 aliphatic carbocycles. The summed E-state index contributed by atoms with van der Waals surface area (Å²) in [7, 11) is 4.52. The predicted molar refractivity (Wildman–Crippen MR) is 121 cm³/mol. The van der Waals surface area contributed by atoms with Gasteiger partial charge in [0.25, 0.3) is 0 Å². The second kappa shape index (κ2) is 14.2. The number of rotatable bonds is 9. The first-order valence-corrected chi connectivity index (χ1v) is 12.1. The number of hydrogen-bond acceptors (Lipinski definition) is 2. The summed E-state index contributed by atoms with van der Waals surface area (Å²) in [5.74, 6) is 0. The van der Waals surface area contributed by atoms with Gasteiger partial charge in [0.2, 0.25) is 0 Å². The number of aromatic nitrogens is 2. The fourth-order valence-electron chi connectivity index (χ4n) is 5.36. The van der Waals surface area contributed by atoms with Gasteiger partial charge in [-0.2, -0.15) is 0 Å². The van der Waals surface area contributed by atoms with Gasteiger partial charge in [-0.05, 0) is 77.8 Å². The van der Waals surface area contributed by atoms with Crippen molar-refractivity contribution in [2.24, 2.45) is 0 Å². The molecule has 0 bridgehead atoms. The molecule has 2 aliphatic rings. The Kier molecular flexibility index (Phi) is 12.4. The van der Waals surface area contributed by atoms with E-state index < -0.39 is 0 Å². The molecule has 0 unspecified atom stereocenters. The molecule has 32 heavy (non-hydrogen) atoms. The van der Waals surface area contributed by atoms with E-state index in [1.807, 2.05) is 0 Å². The molecule has 2 aromatic rings. The average molecular weight is 662 g/mol. The minimum absolute atomic E-state index is 0. The van der Waals surface area contributed by atoms with Crippen LogP contribution in [0.25, 0.3) is 0 Å². The van der Waals surface area contributed by atoms with Crippen molar-refractivity contribution in [1.29, 1.82) is 0 Å². The first-order valence-electron chi connectivity index (χ1n) is 12.1. The largest absolute Gasteiger partial charge is 1.00 e. The van der Waals surface area contributed by atoms with Gasteiger partial charge in [-0.1, -0.05) is 0 Å². The highest BCUT2D eigenvalue weighted by Crippen LogP contribution is 2.30. The van der Waals surface area contributed by atoms with Crippen LogP contribution in [0.2, 0.25) is 0 Å². The van der Waals surface area contributed by atoms with Crippen LogP contribution in [0, 0.1) is 0 Å². The second-order valence-corrected chi connectivity index (χ2v) is 9.44. The number of nitrogens with zero attached hydrogens (tertiary/aromatic N) is 4. The van der Waals surface area contributed by atoms with Crippen molar-refractivity contribution >= 4 is 0 Å². The number of aryl methyl sites for hydroxylation is 2. The van der Waals surface area contributed by atoms with Crippen molar-refractivity contribution in [3.63, 3.8) is 0 Å². The van der Waals surface area contributed by atoms with Crippen molar-refractivity contribution in [3.8, 4) is 0 Å². The summed E-state index contributed by atoms with van der Waals surface area (Å²) in [4.78, 5) is 4.99. The Labute approximate surface area is 229 Å². The van der Waals surface area contributed by atoms with E-state index in [-0.39, 0.29) is 48.0 Å². The van der Waals surface area contributed by atoms with Gasteiger partial charge in [0.1, 0.15) is 13.1 Å². The molecule has 0 radical (unpaired) electrons. The molecule has 4 nitrogen and oxygen atoms in total. The molecule has 0 amide bonds. The molecule has 2 saturated heterocycles. The highest BCUT2D eigenvalue weighted by atomic mass is 127. The van der Waals surface area contributed by atoms with Crippen LogP contribution in [0.4, 0.5) is 0 Å². The maximum atomic E-state index is 2.50. The summed E-state index contributed by atoms with van der Waals surface area (Å²) in [6.07, 6.45) is 19.7. The Balaban J connectivity index is 0.00000181. The Bertz CT molecular complexity index is 748. The highest BCUT2D eigenvalue weighted by molar-refractivity contribution is 5.13. The number of halogens is 2. The molecule has 2 atom stereocenters. The molecule has 0 N–H and O–H groups in total. The summed E-state index contributed by atoms with van der Waals surface area (Å²) >= 11 is 0. The van der Waals surface area contributed by atoms with Crippen molar-refractivity contribution < 1.29 is 57.1 Å². The van der Waals surface area contributed by atoms with Gasteiger partial charge in [-0.15, -0.1) is 0 Å². The van der Waals surface area contributed by atoms with Gasteiger partial charge < -0.3 is 48.0 Å². The molecule has 0 saturated carbocycles. The van der Waals surface area contributed by atoms with Crippen LogP contribution >= 0.6 is 0 Å². The van der Waals surface area contributed by atoms with Gasteiger partial charge in [0.05, 0.1) is 0 Å². The molecule has 4 heterocycles. The fourth-order valence-corrected chi connectivity index (χ4v) is 5.36. The second-order valence-electron chi connectivity index (χ2n) is 9.44. The maximum Gasteiger partial charge on any atom is 0.173 e. The standard InChI is InChI=1S/C26H40N4.2HI/c1-27-15-9-13-25(27)23-11-7-19-29(21-23)17-5-3-4-6-18-30-20-8-12-24(22-30)26-14-10-16-28(26)2;;/h7-8,11-12,19-22,25-26H,3-6,9-10,13-18H2,1-2H3;2*1H/q+2;;/p-2/t25-,26-;;/m0../s1. The first-order chi connectivity index (χ1) is 14.7. The summed E-state index contributed by atoms with van der Waals surface area (Å²) in [5.41, 5.74) is 2.98. The first kappa shape index (κ1) is 27.9. The SMILES string of the molecule is CN1CCC[C@H]1c1ccc[n+](CCCCCC[n+]2cccc([C@@H]3CCCN3C)c2)c1.[I-].[I-]. The maximum absolute atomic E-state index is 2.50. The van der Waals surface area contributed by atoms with E-state index in [1.54, 1.807) is 0 Å². The van der Waals surface area contributed by atoms with Crippen LogP contribution in [-0.4, -0.2) is 37.0 Å². The predicted octanol–water partition coefficient (Wildman–Crippen LogP) is -1.94. The number of pyridine rings is 2. The van der Waals surface area contributed by atoms with Crippen LogP contribution in [0.1, 0.15) is 74.6 Å². The topological polar surface area (TPSA) is 14.2 Å². The minimum atomic E-state index is 0. The lowest BCUT2D eigenvalue weighted by Gasteiger charge is -2.18. The van der Waals surface area contributed by atoms with E-state index in [0.29, 0.717) is 12.1 Å². The van der Waals surface area contributed by atoms with Crippen molar-refractivity contribution in [3.05, 3.63) is 60.2 Å². The average Bonchev–Trinajstić information content (AvgIpc) is 3.39. The zero-order valence-electron chi connectivity index (χ0n) is 19.8. The Morgan fingerprint density at radius 1 is 0.719 bits per heavy atom. The lowest BCUT2D eigenvalue weighted by molar-refractivity contribution is -0.699. The summed E-state index contributed by atoms with van der Waals surface area (Å²) in [6, 6.07) is 10.3. The van der Waals surface area contributed by atoms with Gasteiger partial charge in [0, 0.05) is 48.2 Å². The molecule has 0 spiro atoms. The lowest BCUT2D eigenvalue weighted by atomic mass is 10.1. The number of unbranched alkanes of at least 4 members (excludes halogenated alkanes) is 3. The van der Waals surface area contributed by atoms with E-state index >= 15 is 0 Å². The van der Waals surface area contributed by atoms with Crippen LogP contribution in [0.15, 0.2) is 49.1 Å². The summed E-state index contributed by atoms with van der Waals surface area (Å²) in [5, 5.41) is 0. The molecular weight excluding hydrogens is 622 g/mol. The number of likely N-dealkylation sites (tertiary alicyclic amines) is 2. The molecule has 2 fully saturated rings. The molecule has 0 aromatic carbocycles. The third-order valence-electron chi connectivity index (χ3n) is 7.16. The monoisotopic (exact) mass is 662 g/mol. The van der Waals surface area contributed by atoms with Gasteiger partial charge in [0.15, 0.2) is 24.8 Å². The minimum Gasteiger partial charge on any atom is -1.00 e. The molecule has 178 valence electrons. The molecule has 2 aromatic heterocycles. The van der Waals surface area contributed by atoms with E-state index in [1.165, 1.54) is 75.6 Å². The molecule has 4 rings (SSSR count). The Morgan fingerprint density at radius 3 is 1.53 bits per heavy atom. The smallest absolute Gasteiger partial charge is 0.173 e. The summed E-state index contributed by atoms with van der Waals surface area (Å²) < 4.78 is 4.80. The van der Waals surface area contributed by atoms with Crippen LogP contribution in [0.3, 0.4) is 0 Å². The van der Waals surface area contributed by atoms with Gasteiger partial charge >= 0.3 is 0 Å². The van der Waals surface area contributed by atoms with Gasteiger partial charge in [-0.25, -0.2) is 9.13 Å². The van der Waals surface area contributed by atoms with Crippen LogP contribution < -0.4 is 57.1 Å². The fraction of sp³-hybridized carbons (Fsp3) is 0.615. The molecule has 6 heteroatoms. The van der Waals surface area contributed by atoms with Crippen molar-refractivity contribution in [2.75, 3.05) is 27.2 Å². The Hall–Kier alpha value is -0.320. The molecular formula is C26H40I2N4. The zero-order valence-corrected chi connectivity index (χ0v) is 24.1. The van der Waals surface area contributed by atoms with Crippen molar-refractivity contribution in [1.82, 2.24) is 9.80 Å². The highest BCUT2D eigenvalue weighted by Gasteiger charge is 2.25. The van der Waals surface area contributed by atoms with Crippen molar-refractivity contribution in [2.45, 2.75) is 76.5 Å². The quantitative estimate of drug-likeness (QED) is 0.177. The van der Waals surface area contributed by atoms with E-state index in [4.69, 9.17) is 0 Å². The van der Waals surface area contributed by atoms with Crippen LogP contribution in [-0.2, 0) is 13.1 Å². The van der Waals surface area contributed by atoms with E-state index in [9.17, 15) is 0 Å². The Morgan fingerprint density at radius 2 is 1.16 bits per heavy atom. The lowest BCUT2D eigenvalue weighted by Crippen LogP contribution is -3.00.